The van der Waals surface area contributed by atoms with E-state index in [2.05, 4.69) is 0 Å². The van der Waals surface area contributed by atoms with Crippen LogP contribution >= 0.6 is 0 Å². The van der Waals surface area contributed by atoms with Crippen molar-refractivity contribution >= 4 is 9.84 Å². The van der Waals surface area contributed by atoms with Crippen LogP contribution in [-0.2, 0) is 21.1 Å². The topological polar surface area (TPSA) is 78.6 Å². The molecule has 0 atom stereocenters. The fourth-order valence-corrected chi connectivity index (χ4v) is 2.69. The zero-order valence-corrected chi connectivity index (χ0v) is 12.0. The van der Waals surface area contributed by atoms with Gasteiger partial charge < -0.3 is 15.2 Å². The molecule has 0 amide bonds. The van der Waals surface area contributed by atoms with E-state index >= 15 is 0 Å². The Morgan fingerprint density at radius 3 is 2.37 bits per heavy atom. The van der Waals surface area contributed by atoms with Gasteiger partial charge >= 0.3 is 0 Å². The van der Waals surface area contributed by atoms with Crippen LogP contribution in [-0.4, -0.2) is 40.2 Å². The van der Waals surface area contributed by atoms with E-state index in [1.165, 1.54) is 7.11 Å². The number of benzene rings is 1. The van der Waals surface area contributed by atoms with Gasteiger partial charge in [0.2, 0.25) is 0 Å². The van der Waals surface area contributed by atoms with Crippen molar-refractivity contribution in [2.75, 3.05) is 31.8 Å². The van der Waals surface area contributed by atoms with Crippen LogP contribution in [0.25, 0.3) is 0 Å². The van der Waals surface area contributed by atoms with Crippen molar-refractivity contribution in [3.63, 3.8) is 0 Å². The van der Waals surface area contributed by atoms with Gasteiger partial charge in [0.25, 0.3) is 0 Å². The van der Waals surface area contributed by atoms with Gasteiger partial charge in [-0.2, -0.15) is 0 Å². The Morgan fingerprint density at radius 2 is 1.79 bits per heavy atom. The minimum atomic E-state index is -3.03. The highest BCUT2D eigenvalue weighted by atomic mass is 32.2. The molecule has 5 nitrogen and oxygen atoms in total. The zero-order chi connectivity index (χ0) is 14.1. The Balaban J connectivity index is 2.26. The summed E-state index contributed by atoms with van der Waals surface area (Å²) in [6.07, 6.45) is 0.477. The Morgan fingerprint density at radius 1 is 1.11 bits per heavy atom. The average Bonchev–Trinajstić information content (AvgIpc) is 2.42. The molecule has 0 aliphatic heterocycles. The van der Waals surface area contributed by atoms with Crippen molar-refractivity contribution in [2.24, 2.45) is 5.73 Å². The summed E-state index contributed by atoms with van der Waals surface area (Å²) in [5, 5.41) is 0. The highest BCUT2D eigenvalue weighted by molar-refractivity contribution is 7.91. The van der Waals surface area contributed by atoms with Gasteiger partial charge in [-0.1, -0.05) is 12.1 Å². The van der Waals surface area contributed by atoms with E-state index in [1.807, 2.05) is 24.3 Å². The maximum atomic E-state index is 11.5. The molecule has 1 aromatic carbocycles. The van der Waals surface area contributed by atoms with E-state index in [9.17, 15) is 8.42 Å². The van der Waals surface area contributed by atoms with Crippen molar-refractivity contribution < 1.29 is 17.9 Å². The quantitative estimate of drug-likeness (QED) is 0.685. The second-order valence-electron chi connectivity index (χ2n) is 4.19. The van der Waals surface area contributed by atoms with Crippen LogP contribution in [0.15, 0.2) is 24.3 Å². The predicted octanol–water partition coefficient (Wildman–Crippen LogP) is 0.975. The Hall–Kier alpha value is -1.11. The number of hydrogen-bond acceptors (Lipinski definition) is 5. The highest BCUT2D eigenvalue weighted by Crippen LogP contribution is 2.12. The van der Waals surface area contributed by atoms with Crippen LogP contribution in [0.5, 0.6) is 5.75 Å². The fourth-order valence-electron chi connectivity index (χ4n) is 1.50. The third-order valence-corrected chi connectivity index (χ3v) is 4.33. The second kappa shape index (κ2) is 8.14. The van der Waals surface area contributed by atoms with Gasteiger partial charge in [-0.05, 0) is 24.1 Å². The fraction of sp³-hybridized carbons (Fsp3) is 0.538. The minimum absolute atomic E-state index is 0.0642. The summed E-state index contributed by atoms with van der Waals surface area (Å²) in [5.41, 5.74) is 6.53. The van der Waals surface area contributed by atoms with Gasteiger partial charge in [0.05, 0.1) is 24.7 Å². The minimum Gasteiger partial charge on any atom is -0.494 e. The molecule has 2 N–H and O–H groups in total. The maximum absolute atomic E-state index is 11.5. The number of hydrogen-bond donors (Lipinski definition) is 1. The molecule has 0 spiro atoms. The van der Waals surface area contributed by atoms with Gasteiger partial charge in [-0.3, -0.25) is 0 Å². The first-order chi connectivity index (χ1) is 9.07. The molecule has 0 aliphatic carbocycles. The molecule has 0 fully saturated rings. The monoisotopic (exact) mass is 287 g/mol. The molecule has 0 radical (unpaired) electrons. The maximum Gasteiger partial charge on any atom is 0.152 e. The highest BCUT2D eigenvalue weighted by Gasteiger charge is 2.09. The summed E-state index contributed by atoms with van der Waals surface area (Å²) in [4.78, 5) is 0. The number of methoxy groups -OCH3 is 1. The first-order valence-electron chi connectivity index (χ1n) is 6.18. The summed E-state index contributed by atoms with van der Waals surface area (Å²) >= 11 is 0. The van der Waals surface area contributed by atoms with Crippen molar-refractivity contribution in [1.29, 1.82) is 0 Å². The van der Waals surface area contributed by atoms with E-state index in [4.69, 9.17) is 15.2 Å². The van der Waals surface area contributed by atoms with E-state index in [0.29, 0.717) is 19.6 Å². The van der Waals surface area contributed by atoms with Crippen molar-refractivity contribution in [2.45, 2.75) is 13.0 Å². The molecule has 0 bridgehead atoms. The second-order valence-corrected chi connectivity index (χ2v) is 6.50. The molecule has 19 heavy (non-hydrogen) atoms. The summed E-state index contributed by atoms with van der Waals surface area (Å²) in [6.45, 7) is 1.12. The van der Waals surface area contributed by atoms with Gasteiger partial charge in [-0.25, -0.2) is 8.42 Å². The SMILES string of the molecule is COCCS(=O)(=O)CCCOc1ccc(CN)cc1. The Labute approximate surface area is 114 Å². The molecule has 0 aliphatic rings. The summed E-state index contributed by atoms with van der Waals surface area (Å²) < 4.78 is 33.3. The van der Waals surface area contributed by atoms with Crippen LogP contribution in [0.3, 0.4) is 0 Å². The van der Waals surface area contributed by atoms with E-state index in [0.717, 1.165) is 11.3 Å². The lowest BCUT2D eigenvalue weighted by Crippen LogP contribution is -2.16. The molecule has 0 heterocycles. The summed E-state index contributed by atoms with van der Waals surface area (Å²) in [7, 11) is -1.54. The molecule has 0 unspecified atom stereocenters. The normalized spacial score (nSPS) is 11.5. The van der Waals surface area contributed by atoms with Crippen LogP contribution in [0, 0.1) is 0 Å². The van der Waals surface area contributed by atoms with Gasteiger partial charge in [0, 0.05) is 13.7 Å². The van der Waals surface area contributed by atoms with E-state index < -0.39 is 9.84 Å². The lowest BCUT2D eigenvalue weighted by molar-refractivity contribution is 0.217. The molecule has 1 aromatic rings. The first kappa shape index (κ1) is 15.9. The van der Waals surface area contributed by atoms with Gasteiger partial charge in [0.1, 0.15) is 5.75 Å². The van der Waals surface area contributed by atoms with Crippen molar-refractivity contribution in [3.05, 3.63) is 29.8 Å². The summed E-state index contributed by atoms with van der Waals surface area (Å²) in [5.74, 6) is 0.915. The van der Waals surface area contributed by atoms with Gasteiger partial charge in [-0.15, -0.1) is 0 Å². The molecular weight excluding hydrogens is 266 g/mol. The smallest absolute Gasteiger partial charge is 0.152 e. The van der Waals surface area contributed by atoms with Crippen molar-refractivity contribution in [1.82, 2.24) is 0 Å². The number of nitrogens with two attached hydrogens (primary N) is 1. The van der Waals surface area contributed by atoms with Crippen LogP contribution in [0.1, 0.15) is 12.0 Å². The van der Waals surface area contributed by atoms with Gasteiger partial charge in [0.15, 0.2) is 9.84 Å². The predicted molar refractivity (Wildman–Crippen MR) is 75.0 cm³/mol. The molecule has 108 valence electrons. The molecule has 0 saturated carbocycles. The molecule has 1 rings (SSSR count). The zero-order valence-electron chi connectivity index (χ0n) is 11.2. The molecule has 0 aromatic heterocycles. The van der Waals surface area contributed by atoms with Crippen molar-refractivity contribution in [3.8, 4) is 5.75 Å². The number of rotatable bonds is 9. The molecule has 6 heteroatoms. The standard InChI is InChI=1S/C13H21NO4S/c1-17-8-10-19(15,16)9-2-7-18-13-5-3-12(11-14)4-6-13/h3-6H,2,7-11,14H2,1H3. The summed E-state index contributed by atoms with van der Waals surface area (Å²) in [6, 6.07) is 7.46. The third kappa shape index (κ3) is 6.56. The van der Waals surface area contributed by atoms with Crippen LogP contribution in [0.4, 0.5) is 0 Å². The number of sulfone groups is 1. The third-order valence-electron chi connectivity index (χ3n) is 2.63. The lowest BCUT2D eigenvalue weighted by atomic mass is 10.2. The number of ether oxygens (including phenoxy) is 2. The largest absolute Gasteiger partial charge is 0.494 e. The van der Waals surface area contributed by atoms with E-state index in [-0.39, 0.29) is 18.1 Å². The van der Waals surface area contributed by atoms with Crippen LogP contribution in [0.2, 0.25) is 0 Å². The lowest BCUT2D eigenvalue weighted by Gasteiger charge is -2.07. The Bertz CT molecular complexity index is 456. The molecule has 0 saturated heterocycles. The first-order valence-corrected chi connectivity index (χ1v) is 8.00. The van der Waals surface area contributed by atoms with E-state index in [1.54, 1.807) is 0 Å². The Kier molecular flexibility index (Phi) is 6.83. The molecular formula is C13H21NO4S. The van der Waals surface area contributed by atoms with Crippen LogP contribution < -0.4 is 10.5 Å². The average molecular weight is 287 g/mol.